The van der Waals surface area contributed by atoms with Gasteiger partial charge in [-0.05, 0) is 31.9 Å². The summed E-state index contributed by atoms with van der Waals surface area (Å²) in [4.78, 5) is 34.6. The predicted octanol–water partition coefficient (Wildman–Crippen LogP) is 2.57. The maximum absolute atomic E-state index is 13.0. The summed E-state index contributed by atoms with van der Waals surface area (Å²) >= 11 is 0. The van der Waals surface area contributed by atoms with Crippen LogP contribution in [0.15, 0.2) is 30.9 Å². The fourth-order valence-corrected chi connectivity index (χ4v) is 4.15. The van der Waals surface area contributed by atoms with Crippen molar-refractivity contribution in [2.75, 3.05) is 11.1 Å². The average Bonchev–Trinajstić information content (AvgIpc) is 3.41. The van der Waals surface area contributed by atoms with Gasteiger partial charge in [0.2, 0.25) is 5.91 Å². The minimum absolute atomic E-state index is 0.00104. The zero-order valence-corrected chi connectivity index (χ0v) is 18.7. The summed E-state index contributed by atoms with van der Waals surface area (Å²) in [5.74, 6) is -0.213. The number of pyridine rings is 1. The smallest absolute Gasteiger partial charge is 0.383 e. The molecule has 0 bridgehead atoms. The molecule has 5 rings (SSSR count). The van der Waals surface area contributed by atoms with Gasteiger partial charge in [-0.2, -0.15) is 23.5 Å². The lowest BCUT2D eigenvalue weighted by Gasteiger charge is -2.22. The third-order valence-electron chi connectivity index (χ3n) is 5.96. The second-order valence-corrected chi connectivity index (χ2v) is 8.35. The number of rotatable bonds is 5. The number of nitrogens with two attached hydrogens (primary N) is 1. The summed E-state index contributed by atoms with van der Waals surface area (Å²) in [5, 5.41) is 15.8. The molecule has 0 radical (unpaired) electrons. The van der Waals surface area contributed by atoms with E-state index in [2.05, 4.69) is 35.3 Å². The Morgan fingerprint density at radius 1 is 1.22 bits per heavy atom. The molecule has 36 heavy (non-hydrogen) atoms. The van der Waals surface area contributed by atoms with E-state index in [-0.39, 0.29) is 36.0 Å². The van der Waals surface area contributed by atoms with Crippen LogP contribution < -0.4 is 11.1 Å². The van der Waals surface area contributed by atoms with Gasteiger partial charge in [0, 0.05) is 12.6 Å². The topological polar surface area (TPSA) is 161 Å². The van der Waals surface area contributed by atoms with Gasteiger partial charge in [0.05, 0.1) is 28.7 Å². The van der Waals surface area contributed by atoms with Crippen LogP contribution in [0.3, 0.4) is 0 Å². The number of nitrogen functional groups attached to an aromatic ring is 1. The zero-order valence-electron chi connectivity index (χ0n) is 18.7. The van der Waals surface area contributed by atoms with Crippen LogP contribution in [-0.2, 0) is 16.6 Å². The molecule has 0 saturated carbocycles. The highest BCUT2D eigenvalue weighted by molar-refractivity contribution is 6.08. The van der Waals surface area contributed by atoms with Gasteiger partial charge in [0.15, 0.2) is 11.5 Å². The number of hydrogen-bond acceptors (Lipinski definition) is 9. The van der Waals surface area contributed by atoms with E-state index in [1.807, 2.05) is 6.07 Å². The number of halogens is 3. The molecule has 182 valence electrons. The minimum atomic E-state index is -4.28. The highest BCUT2D eigenvalue weighted by Crippen LogP contribution is 2.44. The number of nitrogens with zero attached hydrogens (tertiary/aromatic N) is 8. The highest BCUT2D eigenvalue weighted by atomic mass is 19.4. The molecule has 5 heterocycles. The van der Waals surface area contributed by atoms with Crippen molar-refractivity contribution >= 4 is 23.2 Å². The quantitative estimate of drug-likeness (QED) is 0.425. The van der Waals surface area contributed by atoms with Gasteiger partial charge in [-0.25, -0.2) is 24.5 Å². The van der Waals surface area contributed by atoms with Crippen molar-refractivity contribution in [2.24, 2.45) is 0 Å². The van der Waals surface area contributed by atoms with Crippen molar-refractivity contribution < 1.29 is 18.0 Å². The van der Waals surface area contributed by atoms with Crippen molar-refractivity contribution in [3.8, 4) is 17.6 Å². The monoisotopic (exact) mass is 494 g/mol. The van der Waals surface area contributed by atoms with E-state index in [1.54, 1.807) is 19.1 Å². The van der Waals surface area contributed by atoms with E-state index in [4.69, 9.17) is 11.0 Å². The highest BCUT2D eigenvalue weighted by Gasteiger charge is 2.48. The van der Waals surface area contributed by atoms with Gasteiger partial charge in [-0.1, -0.05) is 0 Å². The molecule has 14 heteroatoms. The summed E-state index contributed by atoms with van der Waals surface area (Å²) in [6.45, 7) is 1.63. The Morgan fingerprint density at radius 3 is 2.72 bits per heavy atom. The lowest BCUT2D eigenvalue weighted by Crippen LogP contribution is -2.34. The van der Waals surface area contributed by atoms with Crippen LogP contribution >= 0.6 is 0 Å². The molecule has 11 nitrogen and oxygen atoms in total. The Kier molecular flexibility index (Phi) is 5.27. The number of alkyl halides is 3. The molecule has 1 atom stereocenters. The molecule has 0 aromatic carbocycles. The van der Waals surface area contributed by atoms with Crippen molar-refractivity contribution in [1.82, 2.24) is 34.5 Å². The molecule has 3 N–H and O–H groups in total. The third kappa shape index (κ3) is 3.84. The lowest BCUT2D eigenvalue weighted by molar-refractivity contribution is -0.135. The number of nitrogens with one attached hydrogen (secondary N) is 1. The molecule has 4 aromatic heterocycles. The van der Waals surface area contributed by atoms with E-state index in [1.165, 1.54) is 23.2 Å². The summed E-state index contributed by atoms with van der Waals surface area (Å²) in [6.07, 6.45) is -1.31. The van der Waals surface area contributed by atoms with Crippen LogP contribution in [0.25, 0.3) is 17.2 Å². The first-order valence-electron chi connectivity index (χ1n) is 10.7. The van der Waals surface area contributed by atoms with Gasteiger partial charge in [-0.15, -0.1) is 0 Å². The van der Waals surface area contributed by atoms with Crippen molar-refractivity contribution in [3.05, 3.63) is 53.4 Å². The number of carbonyl (C=O) groups is 1. The normalized spacial score (nSPS) is 17.1. The van der Waals surface area contributed by atoms with Crippen LogP contribution in [0.1, 0.15) is 42.3 Å². The molecule has 1 unspecified atom stereocenters. The van der Waals surface area contributed by atoms with Crippen LogP contribution in [0.4, 0.5) is 24.8 Å². The van der Waals surface area contributed by atoms with E-state index >= 15 is 0 Å². The Labute approximate surface area is 201 Å². The van der Waals surface area contributed by atoms with Crippen molar-refractivity contribution in [3.63, 3.8) is 0 Å². The van der Waals surface area contributed by atoms with E-state index in [0.29, 0.717) is 28.2 Å². The summed E-state index contributed by atoms with van der Waals surface area (Å²) in [6, 6.07) is 5.08. The molecular formula is C22H17F3N10O. The first-order chi connectivity index (χ1) is 17.1. The first-order valence-corrected chi connectivity index (χ1v) is 10.7. The first kappa shape index (κ1) is 23.1. The van der Waals surface area contributed by atoms with Gasteiger partial charge in [0.25, 0.3) is 0 Å². The van der Waals surface area contributed by atoms with E-state index < -0.39 is 23.9 Å². The average molecular weight is 494 g/mol. The Bertz CT molecular complexity index is 1540. The van der Waals surface area contributed by atoms with Gasteiger partial charge in [0.1, 0.15) is 35.1 Å². The van der Waals surface area contributed by atoms with Gasteiger partial charge >= 0.3 is 6.18 Å². The molecule has 0 fully saturated rings. The second-order valence-electron chi connectivity index (χ2n) is 8.35. The van der Waals surface area contributed by atoms with Crippen LogP contribution in [0.5, 0.6) is 0 Å². The number of fused-ring (bicyclic) bond motifs is 2. The Hall–Kier alpha value is -4.67. The number of nitriles is 1. The molecule has 0 saturated heterocycles. The van der Waals surface area contributed by atoms with Crippen LogP contribution in [-0.4, -0.2) is 46.6 Å². The zero-order chi connectivity index (χ0) is 25.7. The lowest BCUT2D eigenvalue weighted by atomic mass is 9.80. The third-order valence-corrected chi connectivity index (χ3v) is 5.96. The number of hydrogen-bond donors (Lipinski definition) is 2. The fourth-order valence-electron chi connectivity index (χ4n) is 4.15. The fraction of sp³-hybridized carbons (Fsp3) is 0.273. The standard InChI is InChI=1S/C22H17F3N10O/c1-21(14-5-4-11(7-26)8-28-14)15-16(27)32-17(33-18(15)34-20(21)36)13-9-35-19(29-10-30-35)12(31-13)3-2-6-22(23,24)25/h4-5,8-10H,2-3,6H2,1H3,(H3,27,32,33,34,36). The van der Waals surface area contributed by atoms with Crippen LogP contribution in [0, 0.1) is 11.3 Å². The van der Waals surface area contributed by atoms with E-state index in [9.17, 15) is 18.0 Å². The number of amides is 1. The molecular weight excluding hydrogens is 477 g/mol. The number of carbonyl (C=O) groups excluding carboxylic acids is 1. The summed E-state index contributed by atoms with van der Waals surface area (Å²) < 4.78 is 39.3. The molecule has 4 aromatic rings. The summed E-state index contributed by atoms with van der Waals surface area (Å²) in [7, 11) is 0. The van der Waals surface area contributed by atoms with Crippen LogP contribution in [0.2, 0.25) is 0 Å². The SMILES string of the molecule is CC1(c2ccc(C#N)cn2)C(=O)Nc2nc(-c3cn4ncnc4c(CCCC(F)(F)F)n3)nc(N)c21. The number of aryl methyl sites for hydroxylation is 1. The maximum atomic E-state index is 13.0. The molecule has 1 aliphatic rings. The summed E-state index contributed by atoms with van der Waals surface area (Å²) in [5.41, 5.74) is 6.81. The molecule has 1 aliphatic heterocycles. The number of aromatic nitrogens is 7. The Morgan fingerprint density at radius 2 is 2.03 bits per heavy atom. The van der Waals surface area contributed by atoms with Gasteiger partial charge in [-0.3, -0.25) is 9.78 Å². The van der Waals surface area contributed by atoms with Gasteiger partial charge < -0.3 is 11.1 Å². The second kappa shape index (κ2) is 8.22. The van der Waals surface area contributed by atoms with E-state index in [0.717, 1.165) is 0 Å². The molecule has 0 aliphatic carbocycles. The maximum Gasteiger partial charge on any atom is 0.389 e. The Balaban J connectivity index is 1.55. The molecule has 0 spiro atoms. The largest absolute Gasteiger partial charge is 0.389 e. The van der Waals surface area contributed by atoms with Crippen molar-refractivity contribution in [1.29, 1.82) is 5.26 Å². The van der Waals surface area contributed by atoms with Crippen molar-refractivity contribution in [2.45, 2.75) is 37.8 Å². The predicted molar refractivity (Wildman–Crippen MR) is 119 cm³/mol. The minimum Gasteiger partial charge on any atom is -0.383 e. The molecule has 1 amide bonds. The number of anilines is 2.